The Labute approximate surface area is 164 Å². The summed E-state index contributed by atoms with van der Waals surface area (Å²) < 4.78 is 9.57. The molecule has 1 N–H and O–H groups in total. The second kappa shape index (κ2) is 7.53. The number of aromatic nitrogens is 2. The molecule has 0 aliphatic heterocycles. The van der Waals surface area contributed by atoms with Gasteiger partial charge in [-0.3, -0.25) is 14.2 Å². The number of hydrogen-bond donors (Lipinski definition) is 1. The Balaban J connectivity index is 2.20. The third kappa shape index (κ3) is 3.77. The molecule has 0 radical (unpaired) electrons. The number of fused-ring (bicyclic) bond motifs is 1. The van der Waals surface area contributed by atoms with Crippen molar-refractivity contribution in [2.45, 2.75) is 26.4 Å². The smallest absolute Gasteiger partial charge is 0.275 e. The van der Waals surface area contributed by atoms with E-state index in [9.17, 15) is 9.59 Å². The van der Waals surface area contributed by atoms with Crippen molar-refractivity contribution in [2.75, 3.05) is 7.11 Å². The van der Waals surface area contributed by atoms with E-state index in [1.807, 2.05) is 56.6 Å². The first-order valence-corrected chi connectivity index (χ1v) is 9.31. The number of rotatable bonds is 5. The van der Waals surface area contributed by atoms with Crippen LogP contribution in [0.4, 0.5) is 0 Å². The van der Waals surface area contributed by atoms with Gasteiger partial charge in [-0.25, -0.2) is 0 Å². The van der Waals surface area contributed by atoms with E-state index >= 15 is 0 Å². The lowest BCUT2D eigenvalue weighted by molar-refractivity contribution is -0.122. The van der Waals surface area contributed by atoms with Gasteiger partial charge in [0.1, 0.15) is 17.8 Å². The molecule has 7 heteroatoms. The van der Waals surface area contributed by atoms with Gasteiger partial charge in [0.2, 0.25) is 5.91 Å². The Kier molecular flexibility index (Phi) is 5.36. The van der Waals surface area contributed by atoms with Gasteiger partial charge in [-0.15, -0.1) is 0 Å². The first kappa shape index (κ1) is 18.5. The van der Waals surface area contributed by atoms with Crippen LogP contribution >= 0.6 is 22.6 Å². The summed E-state index contributed by atoms with van der Waals surface area (Å²) in [5.74, 6) is 0.493. The van der Waals surface area contributed by atoms with Crippen molar-refractivity contribution in [3.8, 4) is 17.0 Å². The lowest BCUT2D eigenvalue weighted by atomic mass is 10.1. The summed E-state index contributed by atoms with van der Waals surface area (Å²) in [4.78, 5) is 25.4. The summed E-state index contributed by atoms with van der Waals surface area (Å²) in [6.45, 7) is 3.74. The van der Waals surface area contributed by atoms with Crippen LogP contribution in [0.1, 0.15) is 13.8 Å². The molecular formula is C19H20IN3O3. The summed E-state index contributed by atoms with van der Waals surface area (Å²) in [6.07, 6.45) is 3.76. The highest BCUT2D eigenvalue weighted by molar-refractivity contribution is 14.1. The fourth-order valence-corrected chi connectivity index (χ4v) is 3.45. The van der Waals surface area contributed by atoms with Gasteiger partial charge >= 0.3 is 0 Å². The first-order chi connectivity index (χ1) is 12.4. The number of carbonyl (C=O) groups excluding carboxylic acids is 1. The Morgan fingerprint density at radius 2 is 2.04 bits per heavy atom. The number of carbonyl (C=O) groups is 1. The minimum Gasteiger partial charge on any atom is -0.497 e. The van der Waals surface area contributed by atoms with Crippen molar-refractivity contribution >= 4 is 34.0 Å². The molecule has 136 valence electrons. The van der Waals surface area contributed by atoms with Crippen LogP contribution in [0.25, 0.3) is 16.8 Å². The summed E-state index contributed by atoms with van der Waals surface area (Å²) in [6, 6.07) is 9.28. The molecule has 2 heterocycles. The summed E-state index contributed by atoms with van der Waals surface area (Å²) in [5, 5.41) is 2.84. The zero-order chi connectivity index (χ0) is 18.8. The van der Waals surface area contributed by atoms with E-state index in [0.717, 1.165) is 9.13 Å². The zero-order valence-electron chi connectivity index (χ0n) is 14.8. The number of amides is 1. The van der Waals surface area contributed by atoms with E-state index in [4.69, 9.17) is 4.74 Å². The fourth-order valence-electron chi connectivity index (χ4n) is 2.85. The fraction of sp³-hybridized carbons (Fsp3) is 0.263. The van der Waals surface area contributed by atoms with Crippen LogP contribution < -0.4 is 15.6 Å². The SMILES string of the molecule is COc1cccc(-c2cn3cc(I)cc3c(=O)n2CC(=O)NC(C)C)c1. The van der Waals surface area contributed by atoms with Gasteiger partial charge in [0.25, 0.3) is 5.56 Å². The summed E-state index contributed by atoms with van der Waals surface area (Å²) in [5.41, 5.74) is 1.81. The normalized spacial score (nSPS) is 11.1. The van der Waals surface area contributed by atoms with Gasteiger partial charge in [-0.1, -0.05) is 12.1 Å². The van der Waals surface area contributed by atoms with E-state index in [2.05, 4.69) is 27.9 Å². The Hall–Kier alpha value is -2.29. The van der Waals surface area contributed by atoms with Crippen LogP contribution in [0, 0.1) is 3.57 Å². The molecule has 2 aromatic heterocycles. The van der Waals surface area contributed by atoms with Crippen LogP contribution in [-0.4, -0.2) is 28.0 Å². The molecule has 0 aliphatic carbocycles. The molecule has 0 saturated carbocycles. The minimum atomic E-state index is -0.202. The van der Waals surface area contributed by atoms with E-state index in [-0.39, 0.29) is 24.1 Å². The molecule has 0 aliphatic rings. The van der Waals surface area contributed by atoms with Gasteiger partial charge in [-0.2, -0.15) is 0 Å². The van der Waals surface area contributed by atoms with Gasteiger partial charge in [0.15, 0.2) is 0 Å². The second-order valence-corrected chi connectivity index (χ2v) is 7.56. The topological polar surface area (TPSA) is 64.7 Å². The molecule has 3 rings (SSSR count). The average molecular weight is 465 g/mol. The average Bonchev–Trinajstić information content (AvgIpc) is 2.97. The van der Waals surface area contributed by atoms with Crippen molar-refractivity contribution in [1.29, 1.82) is 0 Å². The minimum absolute atomic E-state index is 0.0106. The lowest BCUT2D eigenvalue weighted by Crippen LogP contribution is -2.36. The highest BCUT2D eigenvalue weighted by atomic mass is 127. The molecular weight excluding hydrogens is 445 g/mol. The number of hydrogen-bond acceptors (Lipinski definition) is 3. The zero-order valence-corrected chi connectivity index (χ0v) is 17.0. The van der Waals surface area contributed by atoms with Crippen LogP contribution in [0.2, 0.25) is 0 Å². The van der Waals surface area contributed by atoms with Gasteiger partial charge in [0, 0.05) is 27.6 Å². The van der Waals surface area contributed by atoms with Crippen molar-refractivity contribution in [2.24, 2.45) is 0 Å². The van der Waals surface area contributed by atoms with Gasteiger partial charge < -0.3 is 14.5 Å². The maximum atomic E-state index is 13.0. The van der Waals surface area contributed by atoms with Crippen molar-refractivity contribution in [3.05, 3.63) is 56.6 Å². The predicted octanol–water partition coefficient (Wildman–Crippen LogP) is 2.91. The molecule has 0 saturated heterocycles. The number of nitrogens with zero attached hydrogens (tertiary/aromatic N) is 2. The predicted molar refractivity (Wildman–Crippen MR) is 110 cm³/mol. The van der Waals surface area contributed by atoms with Crippen LogP contribution in [-0.2, 0) is 11.3 Å². The lowest BCUT2D eigenvalue weighted by Gasteiger charge is -2.16. The Morgan fingerprint density at radius 3 is 2.73 bits per heavy atom. The third-order valence-corrected chi connectivity index (χ3v) is 4.54. The van der Waals surface area contributed by atoms with Crippen molar-refractivity contribution in [1.82, 2.24) is 14.3 Å². The molecule has 1 amide bonds. The van der Waals surface area contributed by atoms with Crippen LogP contribution in [0.3, 0.4) is 0 Å². The van der Waals surface area contributed by atoms with Gasteiger partial charge in [-0.05, 0) is 54.6 Å². The number of halogens is 1. The number of ether oxygens (including phenoxy) is 1. The number of nitrogens with one attached hydrogen (secondary N) is 1. The Bertz CT molecular complexity index is 1020. The largest absolute Gasteiger partial charge is 0.497 e. The number of methoxy groups -OCH3 is 1. The van der Waals surface area contributed by atoms with Crippen LogP contribution in [0.5, 0.6) is 5.75 Å². The van der Waals surface area contributed by atoms with Crippen molar-refractivity contribution < 1.29 is 9.53 Å². The highest BCUT2D eigenvalue weighted by Gasteiger charge is 2.16. The quantitative estimate of drug-likeness (QED) is 0.590. The third-order valence-electron chi connectivity index (χ3n) is 3.95. The maximum Gasteiger partial charge on any atom is 0.275 e. The molecule has 0 bridgehead atoms. The standard InChI is InChI=1S/C19H20IN3O3/c1-12(2)21-18(24)11-23-17(13-5-4-6-15(7-13)26-3)10-22-9-14(20)8-16(22)19(23)25/h4-10,12H,11H2,1-3H3,(H,21,24). The molecule has 6 nitrogen and oxygen atoms in total. The molecule has 3 aromatic rings. The van der Waals surface area contributed by atoms with E-state index in [1.165, 1.54) is 4.57 Å². The molecule has 0 atom stereocenters. The molecule has 26 heavy (non-hydrogen) atoms. The summed E-state index contributed by atoms with van der Waals surface area (Å²) >= 11 is 2.17. The first-order valence-electron chi connectivity index (χ1n) is 8.24. The maximum absolute atomic E-state index is 13.0. The van der Waals surface area contributed by atoms with E-state index in [0.29, 0.717) is 17.0 Å². The molecule has 0 fully saturated rings. The number of benzene rings is 1. The molecule has 1 aromatic carbocycles. The second-order valence-electron chi connectivity index (χ2n) is 6.31. The molecule has 0 unspecified atom stereocenters. The molecule has 0 spiro atoms. The van der Waals surface area contributed by atoms with Crippen molar-refractivity contribution in [3.63, 3.8) is 0 Å². The van der Waals surface area contributed by atoms with Gasteiger partial charge in [0.05, 0.1) is 12.8 Å². The highest BCUT2D eigenvalue weighted by Crippen LogP contribution is 2.24. The van der Waals surface area contributed by atoms with E-state index in [1.54, 1.807) is 11.5 Å². The van der Waals surface area contributed by atoms with Crippen LogP contribution in [0.15, 0.2) is 47.5 Å². The monoisotopic (exact) mass is 465 g/mol. The summed E-state index contributed by atoms with van der Waals surface area (Å²) in [7, 11) is 1.60. The Morgan fingerprint density at radius 1 is 1.27 bits per heavy atom. The van der Waals surface area contributed by atoms with E-state index < -0.39 is 0 Å².